The maximum Gasteiger partial charge on any atom is 0.257 e. The average molecular weight is 478 g/mol. The summed E-state index contributed by atoms with van der Waals surface area (Å²) < 4.78 is 26.1. The summed E-state index contributed by atoms with van der Waals surface area (Å²) in [4.78, 5) is 38.2. The SMILES string of the molecule is O=C(NCc1cnc(-c2cncnc2)s1)c1ccc2c(c1)NC(=O)c1ccccc1S2(=O)=O. The third kappa shape index (κ3) is 3.88. The standard InChI is InChI=1S/C22H15N5O4S2/c28-20(25-10-15-11-26-22(32-15)14-8-23-12-24-9-14)13-5-6-19-17(7-13)27-21(29)16-3-1-2-4-18(16)33(19,30)31/h1-9,11-12H,10H2,(H,25,28)(H,27,29). The Morgan fingerprint density at radius 1 is 1.03 bits per heavy atom. The zero-order chi connectivity index (χ0) is 23.0. The number of hydrogen-bond donors (Lipinski definition) is 2. The third-order valence-electron chi connectivity index (χ3n) is 4.98. The molecule has 0 radical (unpaired) electrons. The number of sulfone groups is 1. The van der Waals surface area contributed by atoms with Crippen molar-refractivity contribution in [3.63, 3.8) is 0 Å². The molecule has 0 unspecified atom stereocenters. The van der Waals surface area contributed by atoms with Crippen LogP contribution in [0.4, 0.5) is 5.69 Å². The van der Waals surface area contributed by atoms with Crippen LogP contribution in [0.2, 0.25) is 0 Å². The van der Waals surface area contributed by atoms with Gasteiger partial charge < -0.3 is 10.6 Å². The monoisotopic (exact) mass is 477 g/mol. The lowest BCUT2D eigenvalue weighted by Crippen LogP contribution is -2.22. The highest BCUT2D eigenvalue weighted by Crippen LogP contribution is 2.34. The first kappa shape index (κ1) is 20.9. The molecule has 1 aliphatic rings. The highest BCUT2D eigenvalue weighted by atomic mass is 32.2. The van der Waals surface area contributed by atoms with E-state index in [0.29, 0.717) is 0 Å². The minimum Gasteiger partial charge on any atom is -0.347 e. The van der Waals surface area contributed by atoms with Crippen molar-refractivity contribution < 1.29 is 18.0 Å². The van der Waals surface area contributed by atoms with Gasteiger partial charge in [0.2, 0.25) is 9.84 Å². The minimum atomic E-state index is -3.92. The van der Waals surface area contributed by atoms with Crippen molar-refractivity contribution in [1.29, 1.82) is 0 Å². The first-order valence-corrected chi connectivity index (χ1v) is 12.0. The number of rotatable bonds is 4. The summed E-state index contributed by atoms with van der Waals surface area (Å²) in [5.74, 6) is -0.961. The Bertz CT molecular complexity index is 1500. The van der Waals surface area contributed by atoms with Gasteiger partial charge in [-0.15, -0.1) is 11.3 Å². The van der Waals surface area contributed by atoms with Crippen molar-refractivity contribution in [2.75, 3.05) is 5.32 Å². The van der Waals surface area contributed by atoms with Crippen molar-refractivity contribution in [3.05, 3.63) is 83.4 Å². The Balaban J connectivity index is 1.37. The fraction of sp³-hybridized carbons (Fsp3) is 0.0455. The third-order valence-corrected chi connectivity index (χ3v) is 7.90. The number of thiazole rings is 1. The maximum absolute atomic E-state index is 13.1. The molecule has 0 bridgehead atoms. The fourth-order valence-corrected chi connectivity index (χ4v) is 5.82. The van der Waals surface area contributed by atoms with Crippen LogP contribution in [-0.4, -0.2) is 35.2 Å². The molecule has 2 N–H and O–H groups in total. The van der Waals surface area contributed by atoms with Gasteiger partial charge in [-0.2, -0.15) is 0 Å². The van der Waals surface area contributed by atoms with Gasteiger partial charge in [0.15, 0.2) is 0 Å². The molecule has 0 saturated carbocycles. The van der Waals surface area contributed by atoms with Gasteiger partial charge in [-0.1, -0.05) is 12.1 Å². The van der Waals surface area contributed by atoms with E-state index in [1.165, 1.54) is 48.0 Å². The molecule has 2 aromatic heterocycles. The van der Waals surface area contributed by atoms with Gasteiger partial charge in [0.05, 0.1) is 27.6 Å². The quantitative estimate of drug-likeness (QED) is 0.462. The Labute approximate surface area is 192 Å². The molecular formula is C22H15N5O4S2. The summed E-state index contributed by atoms with van der Waals surface area (Å²) in [6, 6.07) is 10.1. The van der Waals surface area contributed by atoms with Crippen LogP contribution in [0.15, 0.2) is 77.2 Å². The van der Waals surface area contributed by atoms with E-state index < -0.39 is 21.7 Å². The molecule has 11 heteroatoms. The van der Waals surface area contributed by atoms with Gasteiger partial charge in [-0.25, -0.2) is 23.4 Å². The highest BCUT2D eigenvalue weighted by Gasteiger charge is 2.31. The Morgan fingerprint density at radius 3 is 2.64 bits per heavy atom. The summed E-state index contributed by atoms with van der Waals surface area (Å²) in [5, 5.41) is 6.13. The molecule has 2 amide bonds. The number of nitrogens with one attached hydrogen (secondary N) is 2. The Hall–Kier alpha value is -3.96. The van der Waals surface area contributed by atoms with Gasteiger partial charge in [-0.3, -0.25) is 9.59 Å². The van der Waals surface area contributed by atoms with E-state index in [0.717, 1.165) is 15.4 Å². The van der Waals surface area contributed by atoms with Gasteiger partial charge in [-0.05, 0) is 30.3 Å². The second kappa shape index (κ2) is 8.19. The molecule has 3 heterocycles. The molecular weight excluding hydrogens is 462 g/mol. The van der Waals surface area contributed by atoms with Crippen LogP contribution in [0, 0.1) is 0 Å². The topological polar surface area (TPSA) is 131 Å². The number of anilines is 1. The van der Waals surface area contributed by atoms with E-state index in [2.05, 4.69) is 25.6 Å². The van der Waals surface area contributed by atoms with E-state index in [1.54, 1.807) is 30.7 Å². The van der Waals surface area contributed by atoms with Gasteiger partial charge in [0, 0.05) is 34.6 Å². The van der Waals surface area contributed by atoms with Crippen molar-refractivity contribution in [2.45, 2.75) is 16.3 Å². The summed E-state index contributed by atoms with van der Waals surface area (Å²) in [6.45, 7) is 0.234. The number of aromatic nitrogens is 3. The number of carbonyl (C=O) groups is 2. The van der Waals surface area contributed by atoms with Crippen LogP contribution in [0.25, 0.3) is 10.6 Å². The molecule has 0 aliphatic carbocycles. The first-order chi connectivity index (χ1) is 15.9. The summed E-state index contributed by atoms with van der Waals surface area (Å²) in [6.07, 6.45) is 6.41. The van der Waals surface area contributed by atoms with Gasteiger partial charge >= 0.3 is 0 Å². The van der Waals surface area contributed by atoms with Crippen LogP contribution in [0.3, 0.4) is 0 Å². The Morgan fingerprint density at radius 2 is 1.82 bits per heavy atom. The maximum atomic E-state index is 13.1. The number of benzene rings is 2. The normalized spacial score (nSPS) is 13.9. The van der Waals surface area contributed by atoms with E-state index in [-0.39, 0.29) is 33.2 Å². The second-order valence-electron chi connectivity index (χ2n) is 7.11. The van der Waals surface area contributed by atoms with Crippen LogP contribution >= 0.6 is 11.3 Å². The number of amides is 2. The molecule has 0 spiro atoms. The molecule has 5 rings (SSSR count). The molecule has 0 atom stereocenters. The smallest absolute Gasteiger partial charge is 0.257 e. The molecule has 1 aliphatic heterocycles. The zero-order valence-corrected chi connectivity index (χ0v) is 18.5. The van der Waals surface area contributed by atoms with E-state index >= 15 is 0 Å². The minimum absolute atomic E-state index is 0.0597. The van der Waals surface area contributed by atoms with Crippen molar-refractivity contribution >= 4 is 38.7 Å². The number of carbonyl (C=O) groups excluding carboxylic acids is 2. The summed E-state index contributed by atoms with van der Waals surface area (Å²) in [5.41, 5.74) is 1.12. The largest absolute Gasteiger partial charge is 0.347 e. The Kier molecular flexibility index (Phi) is 5.19. The van der Waals surface area contributed by atoms with Crippen LogP contribution < -0.4 is 10.6 Å². The lowest BCUT2D eigenvalue weighted by atomic mass is 10.1. The van der Waals surface area contributed by atoms with Crippen molar-refractivity contribution in [2.24, 2.45) is 0 Å². The molecule has 0 saturated heterocycles. The number of hydrogen-bond acceptors (Lipinski definition) is 8. The second-order valence-corrected chi connectivity index (χ2v) is 10.1. The number of nitrogens with zero attached hydrogens (tertiary/aromatic N) is 3. The summed E-state index contributed by atoms with van der Waals surface area (Å²) in [7, 11) is -3.92. The van der Waals surface area contributed by atoms with Gasteiger partial charge in [0.25, 0.3) is 11.8 Å². The van der Waals surface area contributed by atoms with E-state index in [4.69, 9.17) is 0 Å². The van der Waals surface area contributed by atoms with E-state index in [9.17, 15) is 18.0 Å². The highest BCUT2D eigenvalue weighted by molar-refractivity contribution is 7.91. The predicted molar refractivity (Wildman–Crippen MR) is 121 cm³/mol. The van der Waals surface area contributed by atoms with Crippen molar-refractivity contribution in [1.82, 2.24) is 20.3 Å². The molecule has 33 heavy (non-hydrogen) atoms. The zero-order valence-electron chi connectivity index (χ0n) is 16.8. The lowest BCUT2D eigenvalue weighted by molar-refractivity contribution is 0.0949. The van der Waals surface area contributed by atoms with Gasteiger partial charge in [0.1, 0.15) is 11.3 Å². The van der Waals surface area contributed by atoms with Crippen molar-refractivity contribution in [3.8, 4) is 10.6 Å². The number of fused-ring (bicyclic) bond motifs is 2. The fourth-order valence-electron chi connectivity index (χ4n) is 3.40. The van der Waals surface area contributed by atoms with E-state index in [1.807, 2.05) is 0 Å². The van der Waals surface area contributed by atoms with Crippen LogP contribution in [-0.2, 0) is 16.4 Å². The average Bonchev–Trinajstić information content (AvgIpc) is 3.29. The lowest BCUT2D eigenvalue weighted by Gasteiger charge is -2.10. The first-order valence-electron chi connectivity index (χ1n) is 9.71. The molecule has 0 fully saturated rings. The van der Waals surface area contributed by atoms with Crippen LogP contribution in [0.1, 0.15) is 25.6 Å². The molecule has 9 nitrogen and oxygen atoms in total. The molecule has 164 valence electrons. The molecule has 4 aromatic rings. The predicted octanol–water partition coefficient (Wildman–Crippen LogP) is 2.93. The molecule has 2 aromatic carbocycles. The summed E-state index contributed by atoms with van der Waals surface area (Å²) >= 11 is 1.40. The van der Waals surface area contributed by atoms with Crippen LogP contribution in [0.5, 0.6) is 0 Å².